The van der Waals surface area contributed by atoms with E-state index in [0.29, 0.717) is 19.0 Å². The van der Waals surface area contributed by atoms with Crippen molar-refractivity contribution in [2.24, 2.45) is 0 Å². The van der Waals surface area contributed by atoms with Crippen molar-refractivity contribution in [1.82, 2.24) is 10.3 Å². The number of nitrogens with zero attached hydrogens (tertiary/aromatic N) is 1. The van der Waals surface area contributed by atoms with E-state index >= 15 is 0 Å². The van der Waals surface area contributed by atoms with E-state index in [-0.39, 0.29) is 12.8 Å². The van der Waals surface area contributed by atoms with Gasteiger partial charge in [-0.25, -0.2) is 9.78 Å². The van der Waals surface area contributed by atoms with Gasteiger partial charge in [0.1, 0.15) is 12.5 Å². The smallest absolute Gasteiger partial charge is 0.322 e. The number of hydrogen-bond acceptors (Lipinski definition) is 4. The molecule has 0 unspecified atom stereocenters. The Labute approximate surface area is 100 Å². The zero-order valence-corrected chi connectivity index (χ0v) is 10.0. The molecule has 0 fully saturated rings. The van der Waals surface area contributed by atoms with E-state index in [9.17, 15) is 4.79 Å². The van der Waals surface area contributed by atoms with Gasteiger partial charge in [-0.1, -0.05) is 6.07 Å². The molecule has 0 atom stereocenters. The highest BCUT2D eigenvalue weighted by molar-refractivity contribution is 5.88. The molecule has 17 heavy (non-hydrogen) atoms. The number of carbonyl (C=O) groups excluding carboxylic acids is 1. The van der Waals surface area contributed by atoms with Gasteiger partial charge >= 0.3 is 6.03 Å². The van der Waals surface area contributed by atoms with Crippen LogP contribution in [0.1, 0.15) is 5.56 Å². The van der Waals surface area contributed by atoms with Crippen molar-refractivity contribution in [3.8, 4) is 0 Å². The average Bonchev–Trinajstić information content (AvgIpc) is 2.32. The number of carbonyl (C=O) groups is 1. The van der Waals surface area contributed by atoms with Gasteiger partial charge < -0.3 is 14.8 Å². The summed E-state index contributed by atoms with van der Waals surface area (Å²) in [6, 6.07) is 3.34. The van der Waals surface area contributed by atoms with E-state index in [0.717, 1.165) is 5.56 Å². The van der Waals surface area contributed by atoms with Crippen molar-refractivity contribution in [2.45, 2.75) is 6.92 Å². The van der Waals surface area contributed by atoms with Crippen LogP contribution in [0.4, 0.5) is 10.6 Å². The second-order valence-electron chi connectivity index (χ2n) is 3.35. The van der Waals surface area contributed by atoms with Gasteiger partial charge in [-0.2, -0.15) is 0 Å². The Hall–Kier alpha value is -1.66. The molecule has 2 N–H and O–H groups in total. The molecule has 1 aromatic heterocycles. The Kier molecular flexibility index (Phi) is 5.98. The Morgan fingerprint density at radius 3 is 3.00 bits per heavy atom. The van der Waals surface area contributed by atoms with Crippen LogP contribution in [0.15, 0.2) is 18.3 Å². The molecule has 0 radical (unpaired) electrons. The minimum absolute atomic E-state index is 0.140. The molecule has 1 rings (SSSR count). The maximum atomic E-state index is 11.4. The van der Waals surface area contributed by atoms with Crippen LogP contribution in [0.2, 0.25) is 0 Å². The molecule has 0 aliphatic heterocycles. The number of nitrogens with one attached hydrogen (secondary N) is 2. The van der Waals surface area contributed by atoms with Gasteiger partial charge in [-0.3, -0.25) is 5.32 Å². The first kappa shape index (κ1) is 13.4. The lowest BCUT2D eigenvalue weighted by atomic mass is 10.3. The summed E-state index contributed by atoms with van der Waals surface area (Å²) in [7, 11) is 1.59. The molecule has 0 saturated heterocycles. The molecule has 0 spiro atoms. The molecule has 1 aromatic rings. The van der Waals surface area contributed by atoms with Crippen molar-refractivity contribution in [1.29, 1.82) is 0 Å². The highest BCUT2D eigenvalue weighted by Crippen LogP contribution is 2.08. The van der Waals surface area contributed by atoms with Gasteiger partial charge in [-0.05, 0) is 18.6 Å². The number of aryl methyl sites for hydroxylation is 1. The third-order valence-corrected chi connectivity index (χ3v) is 2.01. The number of pyridine rings is 1. The molecule has 0 aliphatic rings. The molecule has 2 amide bonds. The lowest BCUT2D eigenvalue weighted by Crippen LogP contribution is -2.31. The average molecular weight is 239 g/mol. The van der Waals surface area contributed by atoms with Crippen LogP contribution in [0, 0.1) is 6.92 Å². The van der Waals surface area contributed by atoms with E-state index in [2.05, 4.69) is 15.6 Å². The Bertz CT molecular complexity index is 358. The Balaban J connectivity index is 2.23. The number of hydrogen-bond donors (Lipinski definition) is 2. The second-order valence-corrected chi connectivity index (χ2v) is 3.35. The number of anilines is 1. The monoisotopic (exact) mass is 239 g/mol. The van der Waals surface area contributed by atoms with Crippen LogP contribution in [0.25, 0.3) is 0 Å². The molecule has 6 heteroatoms. The van der Waals surface area contributed by atoms with Gasteiger partial charge in [0.15, 0.2) is 0 Å². The van der Waals surface area contributed by atoms with Crippen molar-refractivity contribution in [3.05, 3.63) is 23.9 Å². The Morgan fingerprint density at radius 1 is 1.47 bits per heavy atom. The summed E-state index contributed by atoms with van der Waals surface area (Å²) < 4.78 is 9.89. The van der Waals surface area contributed by atoms with Crippen LogP contribution in [0.5, 0.6) is 0 Å². The van der Waals surface area contributed by atoms with Gasteiger partial charge in [0.2, 0.25) is 0 Å². The molecule has 94 valence electrons. The highest BCUT2D eigenvalue weighted by atomic mass is 16.5. The largest absolute Gasteiger partial charge is 0.382 e. The first-order valence-electron chi connectivity index (χ1n) is 5.27. The molecule has 0 bridgehead atoms. The summed E-state index contributed by atoms with van der Waals surface area (Å²) >= 11 is 0. The summed E-state index contributed by atoms with van der Waals surface area (Å²) in [6.45, 7) is 2.96. The van der Waals surface area contributed by atoms with Crippen molar-refractivity contribution in [3.63, 3.8) is 0 Å². The van der Waals surface area contributed by atoms with E-state index in [4.69, 9.17) is 9.47 Å². The zero-order chi connectivity index (χ0) is 12.5. The summed E-state index contributed by atoms with van der Waals surface area (Å²) in [6.07, 6.45) is 1.62. The summed E-state index contributed by atoms with van der Waals surface area (Å²) in [5.74, 6) is 0.543. The number of aromatic nitrogens is 1. The van der Waals surface area contributed by atoms with Crippen LogP contribution in [-0.2, 0) is 9.47 Å². The summed E-state index contributed by atoms with van der Waals surface area (Å²) in [4.78, 5) is 15.5. The normalized spacial score (nSPS) is 10.0. The topological polar surface area (TPSA) is 72.5 Å². The van der Waals surface area contributed by atoms with Gasteiger partial charge in [0, 0.05) is 13.3 Å². The fourth-order valence-electron chi connectivity index (χ4n) is 1.10. The van der Waals surface area contributed by atoms with Crippen molar-refractivity contribution in [2.75, 3.05) is 32.4 Å². The standard InChI is InChI=1S/C11H17N3O3/c1-9-4-3-5-12-10(9)14-11(15)13-8-17-7-6-16-2/h3-5H,6-8H2,1-2H3,(H2,12,13,14,15). The maximum absolute atomic E-state index is 11.4. The molecule has 1 heterocycles. The highest BCUT2D eigenvalue weighted by Gasteiger charge is 2.03. The molecular formula is C11H17N3O3. The van der Waals surface area contributed by atoms with Gasteiger partial charge in [0.25, 0.3) is 0 Å². The van der Waals surface area contributed by atoms with Crippen LogP contribution in [0.3, 0.4) is 0 Å². The molecule has 6 nitrogen and oxygen atoms in total. The number of methoxy groups -OCH3 is 1. The number of rotatable bonds is 6. The molecular weight excluding hydrogens is 222 g/mol. The van der Waals surface area contributed by atoms with Crippen LogP contribution in [-0.4, -0.2) is 38.1 Å². The summed E-state index contributed by atoms with van der Waals surface area (Å²) in [5, 5.41) is 5.18. The summed E-state index contributed by atoms with van der Waals surface area (Å²) in [5.41, 5.74) is 0.906. The third kappa shape index (κ3) is 5.28. The van der Waals surface area contributed by atoms with Gasteiger partial charge in [0.05, 0.1) is 13.2 Å². The second kappa shape index (κ2) is 7.59. The number of urea groups is 1. The lowest BCUT2D eigenvalue weighted by molar-refractivity contribution is 0.0650. The predicted octanol–water partition coefficient (Wildman–Crippen LogP) is 1.13. The molecule has 0 aliphatic carbocycles. The van der Waals surface area contributed by atoms with Gasteiger partial charge in [-0.15, -0.1) is 0 Å². The van der Waals surface area contributed by atoms with E-state index in [1.807, 2.05) is 19.1 Å². The number of amides is 2. The fraction of sp³-hybridized carbons (Fsp3) is 0.455. The minimum Gasteiger partial charge on any atom is -0.382 e. The molecule has 0 saturated carbocycles. The minimum atomic E-state index is -0.343. The van der Waals surface area contributed by atoms with Crippen molar-refractivity contribution < 1.29 is 14.3 Å². The lowest BCUT2D eigenvalue weighted by Gasteiger charge is -2.08. The van der Waals surface area contributed by atoms with Crippen LogP contribution >= 0.6 is 0 Å². The predicted molar refractivity (Wildman–Crippen MR) is 63.8 cm³/mol. The van der Waals surface area contributed by atoms with E-state index < -0.39 is 0 Å². The van der Waals surface area contributed by atoms with Crippen molar-refractivity contribution >= 4 is 11.8 Å². The fourth-order valence-corrected chi connectivity index (χ4v) is 1.10. The van der Waals surface area contributed by atoms with E-state index in [1.165, 1.54) is 0 Å². The quantitative estimate of drug-likeness (QED) is 0.576. The maximum Gasteiger partial charge on any atom is 0.322 e. The van der Waals surface area contributed by atoms with Crippen LogP contribution < -0.4 is 10.6 Å². The SMILES string of the molecule is COCCOCNC(=O)Nc1ncccc1C. The number of ether oxygens (including phenoxy) is 2. The third-order valence-electron chi connectivity index (χ3n) is 2.01. The first-order valence-corrected chi connectivity index (χ1v) is 5.27. The zero-order valence-electron chi connectivity index (χ0n) is 10.0. The Morgan fingerprint density at radius 2 is 2.29 bits per heavy atom. The molecule has 0 aromatic carbocycles. The van der Waals surface area contributed by atoms with E-state index in [1.54, 1.807) is 13.3 Å². The first-order chi connectivity index (χ1) is 8.24.